The minimum Gasteiger partial charge on any atom is -0.392 e. The number of β-amino-alcohol motifs (C(OH)–C–C–N with tert-alkyl or cyclic N) is 3. The number of imide groups is 1. The van der Waals surface area contributed by atoms with Gasteiger partial charge in [0.1, 0.15) is 30.2 Å². The van der Waals surface area contributed by atoms with E-state index in [0.29, 0.717) is 45.2 Å². The summed E-state index contributed by atoms with van der Waals surface area (Å²) in [6, 6.07) is -5.64. The molecule has 7 heterocycles. The first kappa shape index (κ1) is 54.7. The molecule has 76 heavy (non-hydrogen) atoms. The second-order valence-corrected chi connectivity index (χ2v) is 21.8. The fourth-order valence-corrected chi connectivity index (χ4v) is 13.2. The van der Waals surface area contributed by atoms with Gasteiger partial charge in [0.15, 0.2) is 0 Å². The van der Waals surface area contributed by atoms with Crippen LogP contribution in [0.3, 0.4) is 0 Å². The maximum Gasteiger partial charge on any atom is 0.246 e. The summed E-state index contributed by atoms with van der Waals surface area (Å²) in [4.78, 5) is 157. The molecule has 2 aliphatic carbocycles. The van der Waals surface area contributed by atoms with Gasteiger partial charge in [0.25, 0.3) is 0 Å². The van der Waals surface area contributed by atoms with Gasteiger partial charge in [-0.25, -0.2) is 0 Å². The highest BCUT2D eigenvalue weighted by Gasteiger charge is 2.59. The molecule has 8 fully saturated rings. The van der Waals surface area contributed by atoms with Gasteiger partial charge < -0.3 is 65.8 Å². The minimum atomic E-state index is -1.15. The molecular formula is C50H71N11O15. The summed E-state index contributed by atoms with van der Waals surface area (Å²) in [5.41, 5.74) is 0. The third-order valence-corrected chi connectivity index (χ3v) is 16.9. The van der Waals surface area contributed by atoms with Gasteiger partial charge in [0.05, 0.1) is 75.6 Å². The van der Waals surface area contributed by atoms with E-state index in [9.17, 15) is 68.1 Å². The van der Waals surface area contributed by atoms with Crippen molar-refractivity contribution in [3.63, 3.8) is 0 Å². The first-order valence-corrected chi connectivity index (χ1v) is 26.9. The number of ether oxygens (including phenoxy) is 1. The Labute approximate surface area is 439 Å². The number of likely N-dealkylation sites (tertiary alicyclic amines) is 7. The van der Waals surface area contributed by atoms with E-state index in [-0.39, 0.29) is 126 Å². The quantitative estimate of drug-likeness (QED) is 0.0382. The number of amides is 11. The molecule has 9 rings (SSSR count). The number of likely N-dealkylation sites (N-methyl/N-ethyl adjacent to an activating group) is 1. The molecular weight excluding hydrogens is 995 g/mol. The Morgan fingerprint density at radius 2 is 0.947 bits per heavy atom. The molecule has 0 aromatic carbocycles. The third-order valence-electron chi connectivity index (χ3n) is 16.9. The third kappa shape index (κ3) is 11.2. The van der Waals surface area contributed by atoms with Crippen LogP contribution in [0, 0.1) is 23.7 Å². The molecule has 11 amide bonds. The van der Waals surface area contributed by atoms with E-state index < -0.39 is 115 Å². The number of carbonyl (C=O) groups excluding carboxylic acids is 11. The molecule has 416 valence electrons. The zero-order chi connectivity index (χ0) is 54.1. The van der Waals surface area contributed by atoms with Gasteiger partial charge >= 0.3 is 0 Å². The number of aliphatic hydroxyl groups is 3. The van der Waals surface area contributed by atoms with Crippen molar-refractivity contribution < 1.29 is 72.8 Å². The highest BCUT2D eigenvalue weighted by Crippen LogP contribution is 2.52. The molecule has 7 saturated heterocycles. The average Bonchev–Trinajstić information content (AvgIpc) is 4.27. The van der Waals surface area contributed by atoms with E-state index in [2.05, 4.69) is 21.3 Å². The van der Waals surface area contributed by atoms with Crippen LogP contribution in [0.2, 0.25) is 0 Å². The number of nitrogens with one attached hydrogen (secondary N) is 4. The van der Waals surface area contributed by atoms with Crippen molar-refractivity contribution in [1.29, 1.82) is 0 Å². The summed E-state index contributed by atoms with van der Waals surface area (Å²) >= 11 is 0. The van der Waals surface area contributed by atoms with Crippen LogP contribution in [0.25, 0.3) is 0 Å². The van der Waals surface area contributed by atoms with Crippen molar-refractivity contribution in [1.82, 2.24) is 55.6 Å². The van der Waals surface area contributed by atoms with E-state index in [4.69, 9.17) is 4.74 Å². The van der Waals surface area contributed by atoms with Crippen LogP contribution in [0.5, 0.6) is 0 Å². The van der Waals surface area contributed by atoms with Crippen LogP contribution < -0.4 is 21.3 Å². The lowest BCUT2D eigenvalue weighted by molar-refractivity contribution is -0.148. The molecule has 0 aromatic rings. The molecule has 13 atom stereocenters. The summed E-state index contributed by atoms with van der Waals surface area (Å²) in [5.74, 6) is -5.68. The second-order valence-electron chi connectivity index (χ2n) is 21.8. The van der Waals surface area contributed by atoms with Crippen LogP contribution in [0.15, 0.2) is 12.2 Å². The van der Waals surface area contributed by atoms with Crippen molar-refractivity contribution in [2.45, 2.75) is 119 Å². The Bertz CT molecular complexity index is 2340. The van der Waals surface area contributed by atoms with Gasteiger partial charge in [-0.05, 0) is 70.3 Å². The highest BCUT2D eigenvalue weighted by atomic mass is 16.5. The van der Waals surface area contributed by atoms with Gasteiger partial charge in [-0.1, -0.05) is 12.2 Å². The molecule has 0 spiro atoms. The Kier molecular flexibility index (Phi) is 16.7. The summed E-state index contributed by atoms with van der Waals surface area (Å²) in [5, 5.41) is 41.7. The van der Waals surface area contributed by atoms with E-state index in [1.54, 1.807) is 11.9 Å². The largest absolute Gasteiger partial charge is 0.392 e. The number of hydrogen-bond donors (Lipinski definition) is 7. The Balaban J connectivity index is 0.697. The number of allylic oxidation sites excluding steroid dienone is 2. The predicted octanol–water partition coefficient (Wildman–Crippen LogP) is -5.76. The Morgan fingerprint density at radius 3 is 1.39 bits per heavy atom. The van der Waals surface area contributed by atoms with E-state index in [1.807, 2.05) is 12.2 Å². The molecule has 26 heteroatoms. The minimum absolute atomic E-state index is 0.102. The molecule has 0 radical (unpaired) electrons. The van der Waals surface area contributed by atoms with Crippen molar-refractivity contribution >= 4 is 65.0 Å². The molecule has 7 aliphatic heterocycles. The lowest BCUT2D eigenvalue weighted by Crippen LogP contribution is -2.56. The average molecular weight is 1070 g/mol. The summed E-state index contributed by atoms with van der Waals surface area (Å²) in [7, 11) is 1.73. The Hall–Kier alpha value is -6.09. The SMILES string of the molecule is CN1CC(O)CC1C(=O)N1CCCC1C(=O)NCC(=O)N1CC(O)CC1C(=O)N1CCCC1C(=O)NCC(=O)N1CC(O)CC1C(=O)N1CCCC1C(=O)NCC(=O)NCCOCCN1C(=O)C2C3C=CC(C3)C2C1=O. The normalized spacial score (nSPS) is 32.7. The maximum absolute atomic E-state index is 14.1. The molecule has 1 saturated carbocycles. The lowest BCUT2D eigenvalue weighted by atomic mass is 9.85. The summed E-state index contributed by atoms with van der Waals surface area (Å²) in [6.45, 7) is -0.391. The van der Waals surface area contributed by atoms with Crippen molar-refractivity contribution in [3.8, 4) is 0 Å². The molecule has 9 aliphatic rings. The molecule has 0 aromatic heterocycles. The molecule has 2 bridgehead atoms. The standard InChI is InChI=1S/C50H71N11O15/c1-55-24-29(62)18-35(55)46(71)56-11-2-6-33(56)44(69)53-22-39(66)61-26-31(64)20-37(61)48(73)58-13-4-7-34(58)45(70)54-23-40(67)60-25-30(63)19-36(60)47(72)57-12-3-5-32(57)43(68)52-21-38(65)51-10-15-76-16-14-59-49(74)41-27-8-9-28(17-27)42(41)50(59)75/h8-9,27-37,41-42,62-64H,2-7,10-26H2,1H3,(H,51,65)(H,52,68)(H,53,69)(H,54,70). The van der Waals surface area contributed by atoms with E-state index >= 15 is 0 Å². The smallest absolute Gasteiger partial charge is 0.246 e. The van der Waals surface area contributed by atoms with Crippen LogP contribution in [0.1, 0.15) is 64.2 Å². The van der Waals surface area contributed by atoms with Crippen LogP contribution >= 0.6 is 0 Å². The second kappa shape index (κ2) is 23.3. The van der Waals surface area contributed by atoms with Crippen molar-refractivity contribution in [2.75, 3.05) is 92.3 Å². The van der Waals surface area contributed by atoms with Gasteiger partial charge in [-0.15, -0.1) is 0 Å². The van der Waals surface area contributed by atoms with Gasteiger partial charge in [0.2, 0.25) is 65.0 Å². The summed E-state index contributed by atoms with van der Waals surface area (Å²) < 4.78 is 5.57. The van der Waals surface area contributed by atoms with Gasteiger partial charge in [-0.2, -0.15) is 0 Å². The number of rotatable bonds is 18. The number of fused-ring (bicyclic) bond motifs is 5. The number of hydrogen-bond acceptors (Lipinski definition) is 16. The van der Waals surface area contributed by atoms with E-state index in [1.165, 1.54) is 24.5 Å². The summed E-state index contributed by atoms with van der Waals surface area (Å²) in [6.07, 6.45) is 4.56. The number of nitrogens with zero attached hydrogens (tertiary/aromatic N) is 7. The van der Waals surface area contributed by atoms with E-state index in [0.717, 1.165) is 11.3 Å². The topological polar surface area (TPSA) is 328 Å². The predicted molar refractivity (Wildman–Crippen MR) is 261 cm³/mol. The van der Waals surface area contributed by atoms with Crippen LogP contribution in [-0.2, 0) is 57.5 Å². The van der Waals surface area contributed by atoms with Crippen LogP contribution in [-0.4, -0.2) is 261 Å². The Morgan fingerprint density at radius 1 is 0.526 bits per heavy atom. The van der Waals surface area contributed by atoms with Gasteiger partial charge in [0, 0.05) is 58.7 Å². The fourth-order valence-electron chi connectivity index (χ4n) is 13.2. The van der Waals surface area contributed by atoms with Crippen LogP contribution in [0.4, 0.5) is 0 Å². The van der Waals surface area contributed by atoms with Gasteiger partial charge in [-0.3, -0.25) is 62.5 Å². The van der Waals surface area contributed by atoms with Crippen molar-refractivity contribution in [2.24, 2.45) is 23.7 Å². The monoisotopic (exact) mass is 1070 g/mol. The highest BCUT2D eigenvalue weighted by molar-refractivity contribution is 6.06. The maximum atomic E-state index is 14.1. The van der Waals surface area contributed by atoms with Crippen molar-refractivity contribution in [3.05, 3.63) is 12.2 Å². The first-order chi connectivity index (χ1) is 36.4. The zero-order valence-electron chi connectivity index (χ0n) is 42.8. The molecule has 26 nitrogen and oxygen atoms in total. The first-order valence-electron chi connectivity index (χ1n) is 26.9. The number of aliphatic hydroxyl groups excluding tert-OH is 3. The lowest BCUT2D eigenvalue weighted by Gasteiger charge is -2.32. The zero-order valence-corrected chi connectivity index (χ0v) is 42.8. The molecule has 13 unspecified atom stereocenters. The fraction of sp³-hybridized carbons (Fsp3) is 0.740. The molecule has 7 N–H and O–H groups in total. The number of carbonyl (C=O) groups is 11.